The van der Waals surface area contributed by atoms with E-state index in [1.807, 2.05) is 17.5 Å². The zero-order valence-electron chi connectivity index (χ0n) is 19.7. The van der Waals surface area contributed by atoms with Crippen molar-refractivity contribution in [2.75, 3.05) is 0 Å². The van der Waals surface area contributed by atoms with Crippen molar-refractivity contribution in [2.45, 2.75) is 89.9 Å². The maximum atomic E-state index is 10.5. The molecule has 176 valence electrons. The summed E-state index contributed by atoms with van der Waals surface area (Å²) >= 11 is 1.65. The largest absolute Gasteiger partial charge is 0.393 e. The van der Waals surface area contributed by atoms with Crippen LogP contribution < -0.4 is 0 Å². The van der Waals surface area contributed by atoms with Crippen LogP contribution in [0.25, 0.3) is 0 Å². The third-order valence-electron chi connectivity index (χ3n) is 8.76. The fourth-order valence-electron chi connectivity index (χ4n) is 6.92. The summed E-state index contributed by atoms with van der Waals surface area (Å²) in [5.74, 6) is 1.93. The van der Waals surface area contributed by atoms with E-state index >= 15 is 0 Å². The van der Waals surface area contributed by atoms with Gasteiger partial charge in [0.25, 0.3) is 0 Å². The van der Waals surface area contributed by atoms with Crippen LogP contribution in [0.15, 0.2) is 53.0 Å². The van der Waals surface area contributed by atoms with E-state index in [2.05, 4.69) is 32.6 Å². The van der Waals surface area contributed by atoms with E-state index in [0.717, 1.165) is 35.3 Å². The van der Waals surface area contributed by atoms with Gasteiger partial charge in [0.15, 0.2) is 0 Å². The Bertz CT molecular complexity index is 854. The Kier molecular flexibility index (Phi) is 7.46. The summed E-state index contributed by atoms with van der Waals surface area (Å²) in [7, 11) is 0. The van der Waals surface area contributed by atoms with Gasteiger partial charge in [0.1, 0.15) is 0 Å². The van der Waals surface area contributed by atoms with Crippen LogP contribution in [0.3, 0.4) is 0 Å². The molecule has 0 unspecified atom stereocenters. The number of aliphatic hydroxyl groups excluding tert-OH is 3. The number of thiophene rings is 1. The Hall–Kier alpha value is -1.20. The molecule has 3 aliphatic rings. The lowest BCUT2D eigenvalue weighted by molar-refractivity contribution is 0.0828. The van der Waals surface area contributed by atoms with Crippen LogP contribution in [-0.4, -0.2) is 27.5 Å². The number of hydrogen-bond donors (Lipinski definition) is 3. The zero-order valence-corrected chi connectivity index (χ0v) is 20.5. The molecule has 0 amide bonds. The van der Waals surface area contributed by atoms with Crippen LogP contribution in [0.5, 0.6) is 0 Å². The van der Waals surface area contributed by atoms with Crippen molar-refractivity contribution in [1.82, 2.24) is 0 Å². The molecule has 3 N–H and O–H groups in total. The number of allylic oxidation sites excluding steroid dienone is 3. The average molecular weight is 457 g/mol. The minimum Gasteiger partial charge on any atom is -0.393 e. The van der Waals surface area contributed by atoms with Gasteiger partial charge < -0.3 is 15.3 Å². The minimum absolute atomic E-state index is 0.329. The van der Waals surface area contributed by atoms with Crippen LogP contribution in [0.1, 0.15) is 82.6 Å². The van der Waals surface area contributed by atoms with Crippen molar-refractivity contribution in [1.29, 1.82) is 0 Å². The zero-order chi connectivity index (χ0) is 22.9. The molecule has 0 bridgehead atoms. The van der Waals surface area contributed by atoms with E-state index in [9.17, 15) is 15.3 Å². The second-order valence-electron chi connectivity index (χ2n) is 10.7. The molecule has 3 aliphatic carbocycles. The molecule has 3 fully saturated rings. The van der Waals surface area contributed by atoms with Gasteiger partial charge in [-0.3, -0.25) is 0 Å². The maximum absolute atomic E-state index is 10.5. The third kappa shape index (κ3) is 4.84. The Labute approximate surface area is 197 Å². The first-order chi connectivity index (χ1) is 15.3. The lowest BCUT2D eigenvalue weighted by atomic mass is 9.60. The van der Waals surface area contributed by atoms with Crippen molar-refractivity contribution in [2.24, 2.45) is 23.2 Å². The Morgan fingerprint density at radius 2 is 2.06 bits per heavy atom. The van der Waals surface area contributed by atoms with Gasteiger partial charge in [0, 0.05) is 11.3 Å². The Morgan fingerprint density at radius 1 is 1.25 bits per heavy atom. The minimum atomic E-state index is -0.624. The highest BCUT2D eigenvalue weighted by Crippen LogP contribution is 2.60. The summed E-state index contributed by atoms with van der Waals surface area (Å²) in [6, 6.07) is 4.06. The molecule has 4 rings (SSSR count). The summed E-state index contributed by atoms with van der Waals surface area (Å²) in [4.78, 5) is 1.09. The molecule has 3 nitrogen and oxygen atoms in total. The molecule has 32 heavy (non-hydrogen) atoms. The lowest BCUT2D eigenvalue weighted by Gasteiger charge is -2.44. The smallest absolute Gasteiger partial charge is 0.0882 e. The molecule has 3 saturated carbocycles. The first-order valence-corrected chi connectivity index (χ1v) is 13.3. The molecule has 0 spiro atoms. The number of fused-ring (bicyclic) bond motifs is 1. The molecular weight excluding hydrogens is 416 g/mol. The summed E-state index contributed by atoms with van der Waals surface area (Å²) in [6.45, 7) is 8.97. The SMILES string of the molecule is C=C1C(=CC=C2CCC[C@]3(C)[C@@H]([C@H](C)CC[C@H](O)c4cccs4)CC[C@@H]23)C[C@@H](O)C[C@@H]1O. The normalized spacial score (nSPS) is 37.6. The van der Waals surface area contributed by atoms with Crippen LogP contribution in [0.4, 0.5) is 0 Å². The van der Waals surface area contributed by atoms with Crippen molar-refractivity contribution >= 4 is 11.3 Å². The van der Waals surface area contributed by atoms with Gasteiger partial charge in [-0.2, -0.15) is 0 Å². The van der Waals surface area contributed by atoms with Crippen LogP contribution >= 0.6 is 11.3 Å². The third-order valence-corrected chi connectivity index (χ3v) is 9.73. The first kappa shape index (κ1) is 23.9. The molecule has 1 aromatic rings. The topological polar surface area (TPSA) is 60.7 Å². The average Bonchev–Trinajstić information content (AvgIpc) is 3.41. The van der Waals surface area contributed by atoms with Gasteiger partial charge in [0.2, 0.25) is 0 Å². The molecule has 7 atom stereocenters. The van der Waals surface area contributed by atoms with Crippen LogP contribution in [-0.2, 0) is 0 Å². The van der Waals surface area contributed by atoms with E-state index in [1.54, 1.807) is 16.9 Å². The lowest BCUT2D eigenvalue weighted by Crippen LogP contribution is -2.36. The maximum Gasteiger partial charge on any atom is 0.0882 e. The van der Waals surface area contributed by atoms with Gasteiger partial charge in [-0.25, -0.2) is 0 Å². The molecule has 0 aromatic carbocycles. The van der Waals surface area contributed by atoms with Crippen molar-refractivity contribution in [3.05, 3.63) is 57.8 Å². The monoisotopic (exact) mass is 456 g/mol. The second-order valence-corrected chi connectivity index (χ2v) is 11.7. The highest BCUT2D eigenvalue weighted by molar-refractivity contribution is 7.10. The molecule has 0 aliphatic heterocycles. The van der Waals surface area contributed by atoms with E-state index in [1.165, 1.54) is 25.7 Å². The van der Waals surface area contributed by atoms with Crippen LogP contribution in [0, 0.1) is 23.2 Å². The van der Waals surface area contributed by atoms with Gasteiger partial charge in [0.05, 0.1) is 18.3 Å². The molecule has 0 saturated heterocycles. The van der Waals surface area contributed by atoms with E-state index in [0.29, 0.717) is 36.0 Å². The van der Waals surface area contributed by atoms with E-state index < -0.39 is 12.2 Å². The van der Waals surface area contributed by atoms with Crippen LogP contribution in [0.2, 0.25) is 0 Å². The van der Waals surface area contributed by atoms with Crippen molar-refractivity contribution < 1.29 is 15.3 Å². The predicted octanol–water partition coefficient (Wildman–Crippen LogP) is 6.34. The van der Waals surface area contributed by atoms with E-state index in [4.69, 9.17) is 0 Å². The summed E-state index contributed by atoms with van der Waals surface area (Å²) < 4.78 is 0. The fraction of sp³-hybridized carbons (Fsp3) is 0.643. The van der Waals surface area contributed by atoms with Gasteiger partial charge >= 0.3 is 0 Å². The quantitative estimate of drug-likeness (QED) is 0.468. The first-order valence-electron chi connectivity index (χ1n) is 12.5. The van der Waals surface area contributed by atoms with Gasteiger partial charge in [-0.15, -0.1) is 11.3 Å². The molecule has 1 aromatic heterocycles. The molecule has 4 heteroatoms. The summed E-state index contributed by atoms with van der Waals surface area (Å²) in [5, 5.41) is 32.8. The number of aliphatic hydroxyl groups is 3. The number of hydrogen-bond acceptors (Lipinski definition) is 4. The number of rotatable bonds is 6. The fourth-order valence-corrected chi connectivity index (χ4v) is 7.67. The van der Waals surface area contributed by atoms with Gasteiger partial charge in [-0.1, -0.05) is 44.2 Å². The molecular formula is C28H40O3S. The standard InChI is InChI=1S/C28H40O3S/c1-18(8-13-25(30)27-7-5-15-32-27)23-11-12-24-20(6-4-14-28(23,24)3)9-10-21-16-22(29)17-26(31)19(21)2/h5,7,9-10,15,18,22-26,29-31H,2,4,6,8,11-14,16-17H2,1,3H3/t18-,22-,23-,24+,25+,26+,28-/m1/s1. The second kappa shape index (κ2) is 9.97. The Morgan fingerprint density at radius 3 is 2.81 bits per heavy atom. The summed E-state index contributed by atoms with van der Waals surface area (Å²) in [5.41, 5.74) is 3.65. The molecule has 1 heterocycles. The van der Waals surface area contributed by atoms with Gasteiger partial charge in [-0.05, 0) is 97.1 Å². The molecule has 0 radical (unpaired) electrons. The predicted molar refractivity (Wildman–Crippen MR) is 132 cm³/mol. The Balaban J connectivity index is 1.44. The van der Waals surface area contributed by atoms with Crippen molar-refractivity contribution in [3.63, 3.8) is 0 Å². The summed E-state index contributed by atoms with van der Waals surface area (Å²) in [6.07, 6.45) is 12.1. The highest BCUT2D eigenvalue weighted by Gasteiger charge is 2.50. The van der Waals surface area contributed by atoms with E-state index in [-0.39, 0.29) is 6.10 Å². The highest BCUT2D eigenvalue weighted by atomic mass is 32.1. The van der Waals surface area contributed by atoms with Crippen molar-refractivity contribution in [3.8, 4) is 0 Å².